The van der Waals surface area contributed by atoms with Crippen molar-refractivity contribution in [2.24, 2.45) is 0 Å². The zero-order chi connectivity index (χ0) is 38.2. The molecule has 12 heteroatoms. The van der Waals surface area contributed by atoms with Gasteiger partial charge in [0.1, 0.15) is 0 Å². The van der Waals surface area contributed by atoms with Gasteiger partial charge in [0.2, 0.25) is 34.4 Å². The van der Waals surface area contributed by atoms with Crippen LogP contribution in [-0.4, -0.2) is 29.9 Å². The summed E-state index contributed by atoms with van der Waals surface area (Å²) in [6, 6.07) is 43.5. The van der Waals surface area contributed by atoms with Gasteiger partial charge in [-0.15, -0.1) is 0 Å². The summed E-state index contributed by atoms with van der Waals surface area (Å²) in [4.78, 5) is 27.5. The van der Waals surface area contributed by atoms with E-state index in [1.165, 1.54) is 66.8 Å². The van der Waals surface area contributed by atoms with E-state index in [2.05, 4.69) is 163 Å². The van der Waals surface area contributed by atoms with Crippen molar-refractivity contribution in [3.63, 3.8) is 0 Å². The van der Waals surface area contributed by atoms with Gasteiger partial charge in [-0.1, -0.05) is 72.8 Å². The van der Waals surface area contributed by atoms with E-state index in [9.17, 15) is 0 Å². The van der Waals surface area contributed by atoms with E-state index in [4.69, 9.17) is 33.2 Å². The van der Waals surface area contributed by atoms with Crippen LogP contribution in [0.25, 0.3) is 0 Å². The van der Waals surface area contributed by atoms with E-state index in [-0.39, 0.29) is 34.2 Å². The summed E-state index contributed by atoms with van der Waals surface area (Å²) in [5.74, 6) is 1.55. The minimum absolute atomic E-state index is 0.00582. The molecular weight excluding hydrogens is 763 g/mol. The van der Waals surface area contributed by atoms with Crippen LogP contribution in [0.5, 0.6) is 0 Å². The summed E-state index contributed by atoms with van der Waals surface area (Å²) in [5, 5.41) is 13.9. The molecule has 8 aromatic rings. The summed E-state index contributed by atoms with van der Waals surface area (Å²) < 4.78 is 0. The monoisotopic (exact) mass is 790 g/mol. The topological polar surface area (TPSA) is 125 Å². The molecule has 16 bridgehead atoms. The number of halogens is 2. The zero-order valence-corrected chi connectivity index (χ0v) is 31.8. The first-order chi connectivity index (χ1) is 28.5. The highest BCUT2D eigenvalue weighted by atomic mass is 35.5. The van der Waals surface area contributed by atoms with E-state index in [1.54, 1.807) is 0 Å². The molecule has 0 fully saturated rings. The van der Waals surface area contributed by atoms with Gasteiger partial charge in [0.25, 0.3) is 0 Å². The molecule has 0 saturated carbocycles. The van der Waals surface area contributed by atoms with Crippen molar-refractivity contribution in [1.29, 1.82) is 0 Å². The smallest absolute Gasteiger partial charge is 0.233 e. The van der Waals surface area contributed by atoms with Crippen LogP contribution in [-0.2, 0) is 0 Å². The number of rotatable bonds is 0. The van der Waals surface area contributed by atoms with Crippen molar-refractivity contribution in [2.75, 3.05) is 21.3 Å². The van der Waals surface area contributed by atoms with Crippen LogP contribution in [0.1, 0.15) is 90.4 Å². The highest BCUT2D eigenvalue weighted by Crippen LogP contribution is 2.58. The summed E-state index contributed by atoms with van der Waals surface area (Å²) in [6.07, 6.45) is 0. The number of nitrogens with zero attached hydrogens (tertiary/aromatic N) is 6. The largest absolute Gasteiger partial charge is 0.324 e. The first-order valence-corrected chi connectivity index (χ1v) is 19.9. The molecule has 0 spiro atoms. The quantitative estimate of drug-likeness (QED) is 0.118. The Morgan fingerprint density at radius 2 is 0.534 bits per heavy atom. The first kappa shape index (κ1) is 32.2. The lowest BCUT2D eigenvalue weighted by molar-refractivity contribution is 0.755. The molecule has 4 N–H and O–H groups in total. The Hall–Kier alpha value is -6.88. The lowest BCUT2D eigenvalue weighted by Gasteiger charge is -2.42. The Bertz CT molecular complexity index is 2750. The Labute approximate surface area is 341 Å². The van der Waals surface area contributed by atoms with Gasteiger partial charge < -0.3 is 21.3 Å². The molecule has 0 radical (unpaired) electrons. The fourth-order valence-corrected chi connectivity index (χ4v) is 10.5. The summed E-state index contributed by atoms with van der Waals surface area (Å²) in [7, 11) is 0. The fourth-order valence-electron chi connectivity index (χ4n) is 10.2. The lowest BCUT2D eigenvalue weighted by atomic mass is 9.61. The third-order valence-electron chi connectivity index (χ3n) is 12.3. The summed E-state index contributed by atoms with van der Waals surface area (Å²) in [6.45, 7) is 0. The Morgan fingerprint density at radius 1 is 0.293 bits per heavy atom. The van der Waals surface area contributed by atoms with Crippen molar-refractivity contribution in [1.82, 2.24) is 29.9 Å². The number of hydrogen-bond acceptors (Lipinski definition) is 10. The minimum atomic E-state index is -0.00582. The maximum absolute atomic E-state index is 6.57. The molecule has 6 aromatic carbocycles. The molecule has 276 valence electrons. The van der Waals surface area contributed by atoms with E-state index < -0.39 is 0 Å². The average molecular weight is 792 g/mol. The molecule has 0 amide bonds. The highest BCUT2D eigenvalue weighted by Gasteiger charge is 2.43. The molecule has 1 aliphatic heterocycles. The van der Waals surface area contributed by atoms with Crippen molar-refractivity contribution < 1.29 is 0 Å². The van der Waals surface area contributed by atoms with Crippen molar-refractivity contribution in [3.8, 4) is 0 Å². The predicted molar refractivity (Wildman–Crippen MR) is 225 cm³/mol. The molecule has 0 unspecified atom stereocenters. The maximum Gasteiger partial charge on any atom is 0.233 e. The Kier molecular flexibility index (Phi) is 6.57. The number of benzene rings is 6. The molecule has 58 heavy (non-hydrogen) atoms. The molecule has 3 heterocycles. The number of fused-ring (bicyclic) bond motifs is 8. The van der Waals surface area contributed by atoms with Crippen LogP contribution >= 0.6 is 23.2 Å². The van der Waals surface area contributed by atoms with Crippen LogP contribution in [0, 0.1) is 0 Å². The number of aromatic nitrogens is 6. The molecule has 0 atom stereocenters. The van der Waals surface area contributed by atoms with Gasteiger partial charge in [-0.25, -0.2) is 0 Å². The number of nitrogens with one attached hydrogen (secondary N) is 4. The van der Waals surface area contributed by atoms with E-state index in [1.807, 2.05) is 0 Å². The standard InChI is InChI=1S/C46H28Cl2N10/c47-41-53-43-49-21-9-13-29-33(17-21)39-27-7-3-1-5-25(27)37(29)30-14-10-22(18-34(30)39)50-44-54-42(48)56-46(58-44)52-24-12-16-32-36(20-24)40-28-8-4-2-6-26(28)38(32)31-15-11-23(19-35(31)40)51-45(55-41)57-43/h1-20,37-40H,(H2,49,51,53,55,57)(H2,50,52,54,56,58). The lowest BCUT2D eigenvalue weighted by Crippen LogP contribution is -2.27. The molecule has 15 rings (SSSR count). The first-order valence-electron chi connectivity index (χ1n) is 19.1. The van der Waals surface area contributed by atoms with Crippen molar-refractivity contribution >= 4 is 69.7 Å². The molecule has 10 nitrogen and oxygen atoms in total. The second-order valence-electron chi connectivity index (χ2n) is 15.4. The van der Waals surface area contributed by atoms with Gasteiger partial charge in [0, 0.05) is 46.4 Å². The van der Waals surface area contributed by atoms with Gasteiger partial charge in [-0.2, -0.15) is 29.9 Å². The fraction of sp³-hybridized carbons (Fsp3) is 0.0870. The van der Waals surface area contributed by atoms with Crippen LogP contribution in [0.4, 0.5) is 46.5 Å². The van der Waals surface area contributed by atoms with Crippen LogP contribution < -0.4 is 21.3 Å². The minimum Gasteiger partial charge on any atom is -0.324 e. The van der Waals surface area contributed by atoms with Gasteiger partial charge in [0.05, 0.1) is 0 Å². The highest BCUT2D eigenvalue weighted by molar-refractivity contribution is 6.28. The summed E-state index contributed by atoms with van der Waals surface area (Å²) >= 11 is 13.1. The van der Waals surface area contributed by atoms with Gasteiger partial charge in [-0.3, -0.25) is 0 Å². The van der Waals surface area contributed by atoms with Crippen LogP contribution in [0.15, 0.2) is 121 Å². The van der Waals surface area contributed by atoms with Crippen molar-refractivity contribution in [2.45, 2.75) is 23.7 Å². The Morgan fingerprint density at radius 3 is 0.810 bits per heavy atom. The SMILES string of the molecule is Clc1nc2nc(n1)Nc1ccc3c(c1)C1c4ccccc4C3c3ccc(cc31)Nc1nc(Cl)nc(n1)Nc1ccc3c(c1)C1c4ccccc4C3c3ccc(cc31)N2. The van der Waals surface area contributed by atoms with Crippen LogP contribution in [0.2, 0.25) is 10.6 Å². The number of hydrogen-bond donors (Lipinski definition) is 4. The van der Waals surface area contributed by atoms with Gasteiger partial charge in [0.15, 0.2) is 0 Å². The normalized spacial score (nSPS) is 19.1. The molecular formula is C46H28Cl2N10. The van der Waals surface area contributed by atoms with Crippen molar-refractivity contribution in [3.05, 3.63) is 199 Å². The van der Waals surface area contributed by atoms with E-state index in [0.29, 0.717) is 23.8 Å². The molecule has 2 aromatic heterocycles. The molecule has 7 aliphatic rings. The van der Waals surface area contributed by atoms with Gasteiger partial charge in [-0.05, 0) is 138 Å². The maximum atomic E-state index is 6.57. The van der Waals surface area contributed by atoms with Gasteiger partial charge >= 0.3 is 0 Å². The third kappa shape index (κ3) is 4.73. The molecule has 0 saturated heterocycles. The number of anilines is 8. The Balaban J connectivity index is 0.982. The van der Waals surface area contributed by atoms with E-state index in [0.717, 1.165) is 22.7 Å². The predicted octanol–water partition coefficient (Wildman–Crippen LogP) is 10.6. The zero-order valence-electron chi connectivity index (χ0n) is 30.3. The van der Waals surface area contributed by atoms with Crippen LogP contribution in [0.3, 0.4) is 0 Å². The molecule has 6 aliphatic carbocycles. The third-order valence-corrected chi connectivity index (χ3v) is 12.7. The van der Waals surface area contributed by atoms with E-state index >= 15 is 0 Å². The summed E-state index contributed by atoms with van der Waals surface area (Å²) in [5.41, 5.74) is 18.6. The second-order valence-corrected chi connectivity index (χ2v) is 16.0. The second kappa shape index (κ2) is 11.8. The average Bonchev–Trinajstić information content (AvgIpc) is 3.22.